The van der Waals surface area contributed by atoms with Gasteiger partial charge in [-0.05, 0) is 73.0 Å². The molecular weight excluding hydrogens is 472 g/mol. The number of carbonyl (C=O) groups is 1. The highest BCUT2D eigenvalue weighted by Gasteiger charge is 2.32. The zero-order valence-corrected chi connectivity index (χ0v) is 21.0. The zero-order chi connectivity index (χ0) is 25.1. The van der Waals surface area contributed by atoms with Crippen molar-refractivity contribution >= 4 is 34.6 Å². The number of benzene rings is 3. The number of aliphatic imine (C=N–C) groups is 1. The van der Waals surface area contributed by atoms with Gasteiger partial charge < -0.3 is 9.15 Å². The lowest BCUT2D eigenvalue weighted by atomic mass is 10.1. The first-order chi connectivity index (χ1) is 17.5. The molecule has 0 fully saturated rings. The number of hydrogen-bond acceptors (Lipinski definition) is 7. The van der Waals surface area contributed by atoms with E-state index in [2.05, 4.69) is 16.3 Å². The molecule has 1 amide bonds. The largest absolute Gasteiger partial charge is 0.497 e. The highest BCUT2D eigenvalue weighted by atomic mass is 32.2. The maximum atomic E-state index is 13.5. The fourth-order valence-electron chi connectivity index (χ4n) is 3.89. The molecule has 3 aromatic carbocycles. The van der Waals surface area contributed by atoms with Gasteiger partial charge in [-0.15, -0.1) is 10.2 Å². The molecule has 0 N–H and O–H groups in total. The fraction of sp³-hybridized carbons (Fsp3) is 0.143. The minimum atomic E-state index is -0.186. The third kappa shape index (κ3) is 5.08. The van der Waals surface area contributed by atoms with Crippen molar-refractivity contribution < 1.29 is 13.9 Å². The number of aromatic nitrogens is 2. The Labute approximate surface area is 213 Å². The lowest BCUT2D eigenvalue weighted by Crippen LogP contribution is -2.30. The zero-order valence-electron chi connectivity index (χ0n) is 20.1. The minimum absolute atomic E-state index is 0.186. The maximum Gasteiger partial charge on any atom is 0.283 e. The second-order valence-corrected chi connectivity index (χ2v) is 9.28. The molecule has 0 saturated carbocycles. The summed E-state index contributed by atoms with van der Waals surface area (Å²) in [7, 11) is 1.62. The number of nitrogens with zero attached hydrogens (tertiary/aromatic N) is 4. The van der Waals surface area contributed by atoms with Gasteiger partial charge in [0.05, 0.1) is 18.6 Å². The Morgan fingerprint density at radius 2 is 1.69 bits per heavy atom. The van der Waals surface area contributed by atoms with Crippen LogP contribution in [0.25, 0.3) is 17.5 Å². The predicted molar refractivity (Wildman–Crippen MR) is 143 cm³/mol. The molecule has 0 atom stereocenters. The van der Waals surface area contributed by atoms with Crippen LogP contribution in [0, 0.1) is 13.8 Å². The highest BCUT2D eigenvalue weighted by molar-refractivity contribution is 8.13. The Balaban J connectivity index is 1.44. The lowest BCUT2D eigenvalue weighted by Gasteiger charge is -2.18. The minimum Gasteiger partial charge on any atom is -0.497 e. The van der Waals surface area contributed by atoms with Crippen molar-refractivity contribution in [1.29, 1.82) is 0 Å². The summed E-state index contributed by atoms with van der Waals surface area (Å²) in [5, 5.41) is 8.90. The van der Waals surface area contributed by atoms with Crippen LogP contribution in [0.2, 0.25) is 0 Å². The van der Waals surface area contributed by atoms with Crippen molar-refractivity contribution in [3.8, 4) is 17.2 Å². The molecule has 0 spiro atoms. The van der Waals surface area contributed by atoms with Gasteiger partial charge in [-0.2, -0.15) is 0 Å². The fourth-order valence-corrected chi connectivity index (χ4v) is 4.74. The summed E-state index contributed by atoms with van der Waals surface area (Å²) in [6.45, 7) is 4.03. The van der Waals surface area contributed by atoms with Crippen LogP contribution in [0.15, 0.2) is 87.9 Å². The Hall–Kier alpha value is -4.17. The molecule has 0 bridgehead atoms. The van der Waals surface area contributed by atoms with Crippen LogP contribution < -0.4 is 9.64 Å². The second kappa shape index (κ2) is 10.2. The number of amidine groups is 1. The second-order valence-electron chi connectivity index (χ2n) is 8.34. The summed E-state index contributed by atoms with van der Waals surface area (Å²) < 4.78 is 11.1. The van der Waals surface area contributed by atoms with Gasteiger partial charge in [0.25, 0.3) is 5.91 Å². The third-order valence-electron chi connectivity index (χ3n) is 5.53. The Kier molecular flexibility index (Phi) is 6.69. The number of methoxy groups -OCH3 is 1. The Morgan fingerprint density at radius 1 is 0.972 bits per heavy atom. The van der Waals surface area contributed by atoms with Crippen LogP contribution in [-0.2, 0) is 10.5 Å². The summed E-state index contributed by atoms with van der Waals surface area (Å²) in [6, 6.07) is 23.2. The van der Waals surface area contributed by atoms with Crippen molar-refractivity contribution in [2.24, 2.45) is 4.99 Å². The van der Waals surface area contributed by atoms with Crippen LogP contribution in [0.4, 0.5) is 5.69 Å². The topological polar surface area (TPSA) is 80.8 Å². The van der Waals surface area contributed by atoms with Crippen LogP contribution in [-0.4, -0.2) is 28.4 Å². The lowest BCUT2D eigenvalue weighted by molar-refractivity contribution is -0.113. The van der Waals surface area contributed by atoms with E-state index in [1.54, 1.807) is 18.1 Å². The summed E-state index contributed by atoms with van der Waals surface area (Å²) in [4.78, 5) is 19.9. The van der Waals surface area contributed by atoms with Gasteiger partial charge in [0.1, 0.15) is 11.4 Å². The molecule has 36 heavy (non-hydrogen) atoms. The standard InChI is InChI=1S/C28H24N4O3S/c1-18-13-19(2)15-22(14-18)32-27(33)24(16-20-9-11-23(34-3)12-10-20)29-28(32)36-17-25-30-31-26(35-25)21-7-5-4-6-8-21/h4-16H,17H2,1-3H3/b24-16-. The smallest absolute Gasteiger partial charge is 0.283 e. The first-order valence-electron chi connectivity index (χ1n) is 11.4. The quantitative estimate of drug-likeness (QED) is 0.303. The van der Waals surface area contributed by atoms with Crippen molar-refractivity contribution in [2.75, 3.05) is 12.0 Å². The van der Waals surface area contributed by atoms with Crippen molar-refractivity contribution in [2.45, 2.75) is 19.6 Å². The molecule has 180 valence electrons. The number of rotatable bonds is 6. The van der Waals surface area contributed by atoms with E-state index >= 15 is 0 Å². The Morgan fingerprint density at radius 3 is 2.39 bits per heavy atom. The normalized spacial score (nSPS) is 14.4. The van der Waals surface area contributed by atoms with Gasteiger partial charge in [-0.25, -0.2) is 4.99 Å². The van der Waals surface area contributed by atoms with E-state index in [0.29, 0.717) is 28.4 Å². The summed E-state index contributed by atoms with van der Waals surface area (Å²) in [5.41, 5.74) is 4.99. The molecule has 8 heteroatoms. The molecule has 1 aromatic heterocycles. The number of amides is 1. The van der Waals surface area contributed by atoms with E-state index in [1.165, 1.54) is 11.8 Å². The monoisotopic (exact) mass is 496 g/mol. The number of ether oxygens (including phenoxy) is 1. The van der Waals surface area contributed by atoms with E-state index < -0.39 is 0 Å². The number of anilines is 1. The average Bonchev–Trinajstić information content (AvgIpc) is 3.48. The van der Waals surface area contributed by atoms with Gasteiger partial charge in [0.2, 0.25) is 11.8 Å². The van der Waals surface area contributed by atoms with Gasteiger partial charge in [-0.3, -0.25) is 9.69 Å². The summed E-state index contributed by atoms with van der Waals surface area (Å²) >= 11 is 1.38. The molecular formula is C28H24N4O3S. The molecule has 4 aromatic rings. The third-order valence-corrected chi connectivity index (χ3v) is 6.45. The number of hydrogen-bond donors (Lipinski definition) is 0. The molecule has 2 heterocycles. The maximum absolute atomic E-state index is 13.5. The SMILES string of the molecule is COc1ccc(/C=C2\N=C(SCc3nnc(-c4ccccc4)o3)N(c3cc(C)cc(C)c3)C2=O)cc1. The first kappa shape index (κ1) is 23.6. The first-order valence-corrected chi connectivity index (χ1v) is 12.4. The molecule has 0 unspecified atom stereocenters. The van der Waals surface area contributed by atoms with E-state index in [0.717, 1.165) is 33.7 Å². The van der Waals surface area contributed by atoms with Crippen LogP contribution in [0.3, 0.4) is 0 Å². The highest BCUT2D eigenvalue weighted by Crippen LogP contribution is 2.32. The molecule has 7 nitrogen and oxygen atoms in total. The van der Waals surface area contributed by atoms with Crippen molar-refractivity contribution in [3.05, 3.63) is 101 Å². The van der Waals surface area contributed by atoms with Gasteiger partial charge in [-0.1, -0.05) is 48.2 Å². The van der Waals surface area contributed by atoms with Crippen LogP contribution in [0.5, 0.6) is 5.75 Å². The molecule has 0 saturated heterocycles. The summed E-state index contributed by atoms with van der Waals surface area (Å²) in [6.07, 6.45) is 1.78. The molecule has 0 aliphatic carbocycles. The number of thioether (sulfide) groups is 1. The predicted octanol–water partition coefficient (Wildman–Crippen LogP) is 6.04. The van der Waals surface area contributed by atoms with E-state index in [1.807, 2.05) is 80.6 Å². The van der Waals surface area contributed by atoms with Crippen LogP contribution in [0.1, 0.15) is 22.6 Å². The molecule has 1 aliphatic rings. The average molecular weight is 497 g/mol. The number of carbonyl (C=O) groups excluding carboxylic acids is 1. The summed E-state index contributed by atoms with van der Waals surface area (Å²) in [5.74, 6) is 1.86. The molecule has 5 rings (SSSR count). The van der Waals surface area contributed by atoms with Gasteiger partial charge in [0, 0.05) is 5.56 Å². The molecule has 1 aliphatic heterocycles. The van der Waals surface area contributed by atoms with Gasteiger partial charge >= 0.3 is 0 Å². The molecule has 0 radical (unpaired) electrons. The number of aryl methyl sites for hydroxylation is 2. The van der Waals surface area contributed by atoms with Crippen LogP contribution >= 0.6 is 11.8 Å². The van der Waals surface area contributed by atoms with Crippen molar-refractivity contribution in [3.63, 3.8) is 0 Å². The van der Waals surface area contributed by atoms with E-state index in [4.69, 9.17) is 14.1 Å². The Bertz CT molecular complexity index is 1440. The van der Waals surface area contributed by atoms with Crippen molar-refractivity contribution in [1.82, 2.24) is 10.2 Å². The van der Waals surface area contributed by atoms with E-state index in [9.17, 15) is 4.79 Å². The van der Waals surface area contributed by atoms with Gasteiger partial charge in [0.15, 0.2) is 5.17 Å². The van der Waals surface area contributed by atoms with E-state index in [-0.39, 0.29) is 5.91 Å².